The van der Waals surface area contributed by atoms with Crippen molar-refractivity contribution in [2.24, 2.45) is 0 Å². The molecule has 1 fully saturated rings. The number of anilines is 1. The summed E-state index contributed by atoms with van der Waals surface area (Å²) in [5.74, 6) is -0.548. The minimum Gasteiger partial charge on any atom is -0.453 e. The first kappa shape index (κ1) is 22.2. The summed E-state index contributed by atoms with van der Waals surface area (Å²) in [6.07, 6.45) is 7.89. The van der Waals surface area contributed by atoms with E-state index in [4.69, 9.17) is 4.74 Å². The van der Waals surface area contributed by atoms with E-state index in [1.54, 1.807) is 36.5 Å². The van der Waals surface area contributed by atoms with Gasteiger partial charge in [-0.05, 0) is 67.3 Å². The van der Waals surface area contributed by atoms with Crippen molar-refractivity contribution in [3.05, 3.63) is 89.5 Å². The number of aromatic nitrogens is 1. The van der Waals surface area contributed by atoms with Crippen LogP contribution in [0.15, 0.2) is 67.0 Å². The van der Waals surface area contributed by atoms with E-state index in [0.29, 0.717) is 22.6 Å². The zero-order valence-electron chi connectivity index (χ0n) is 18.3. The molecule has 6 nitrogen and oxygen atoms in total. The Kier molecular flexibility index (Phi) is 6.78. The zero-order chi connectivity index (χ0) is 23.2. The van der Waals surface area contributed by atoms with Crippen LogP contribution < -0.4 is 10.1 Å². The van der Waals surface area contributed by atoms with Crippen molar-refractivity contribution >= 4 is 23.6 Å². The van der Waals surface area contributed by atoms with Gasteiger partial charge in [0, 0.05) is 25.4 Å². The number of likely N-dealkylation sites (tertiary alicyclic amines) is 1. The minimum atomic E-state index is -0.557. The van der Waals surface area contributed by atoms with Gasteiger partial charge < -0.3 is 15.0 Å². The van der Waals surface area contributed by atoms with Crippen LogP contribution in [-0.2, 0) is 4.79 Å². The molecule has 1 saturated heterocycles. The highest BCUT2D eigenvalue weighted by atomic mass is 19.1. The highest BCUT2D eigenvalue weighted by Crippen LogP contribution is 2.26. The van der Waals surface area contributed by atoms with Crippen molar-refractivity contribution in [3.63, 3.8) is 0 Å². The maximum absolute atomic E-state index is 14.4. The van der Waals surface area contributed by atoms with E-state index in [-0.39, 0.29) is 11.7 Å². The third-order valence-corrected chi connectivity index (χ3v) is 5.38. The van der Waals surface area contributed by atoms with Crippen LogP contribution in [0.4, 0.5) is 10.1 Å². The van der Waals surface area contributed by atoms with Crippen LogP contribution in [-0.4, -0.2) is 34.8 Å². The third-order valence-electron chi connectivity index (χ3n) is 5.38. The Bertz CT molecular complexity index is 1190. The van der Waals surface area contributed by atoms with Crippen molar-refractivity contribution < 1.29 is 18.7 Å². The summed E-state index contributed by atoms with van der Waals surface area (Å²) < 4.78 is 19.9. The lowest BCUT2D eigenvalue weighted by molar-refractivity contribution is -0.111. The van der Waals surface area contributed by atoms with E-state index >= 15 is 0 Å². The second-order valence-corrected chi connectivity index (χ2v) is 7.80. The summed E-state index contributed by atoms with van der Waals surface area (Å²) in [7, 11) is 0. The van der Waals surface area contributed by atoms with Crippen molar-refractivity contribution in [3.8, 4) is 11.5 Å². The number of carbonyl (C=O) groups excluding carboxylic acids is 2. The quantitative estimate of drug-likeness (QED) is 0.529. The first-order chi connectivity index (χ1) is 16.0. The number of aryl methyl sites for hydroxylation is 1. The molecule has 0 saturated carbocycles. The molecule has 1 aliphatic rings. The van der Waals surface area contributed by atoms with Crippen molar-refractivity contribution in [2.45, 2.75) is 19.8 Å². The third kappa shape index (κ3) is 5.44. The molecule has 3 aromatic rings. The first-order valence-electron chi connectivity index (χ1n) is 10.8. The van der Waals surface area contributed by atoms with E-state index in [9.17, 15) is 14.0 Å². The fourth-order valence-corrected chi connectivity index (χ4v) is 3.72. The average Bonchev–Trinajstić information content (AvgIpc) is 3.35. The Balaban J connectivity index is 1.45. The largest absolute Gasteiger partial charge is 0.453 e. The lowest BCUT2D eigenvalue weighted by atomic mass is 10.0. The van der Waals surface area contributed by atoms with E-state index in [1.807, 2.05) is 17.9 Å². The van der Waals surface area contributed by atoms with Crippen LogP contribution in [0, 0.1) is 12.7 Å². The molecule has 1 aliphatic heterocycles. The lowest BCUT2D eigenvalue weighted by Gasteiger charge is -2.19. The van der Waals surface area contributed by atoms with Gasteiger partial charge in [0.2, 0.25) is 5.91 Å². The number of rotatable bonds is 6. The van der Waals surface area contributed by atoms with Crippen LogP contribution in [0.25, 0.3) is 6.08 Å². The molecule has 4 rings (SSSR count). The fraction of sp³-hybridized carbons (Fsp3) is 0.192. The summed E-state index contributed by atoms with van der Waals surface area (Å²) in [5.41, 5.74) is 2.27. The molecule has 0 spiro atoms. The molecular formula is C26H24FN3O3. The number of carbonyl (C=O) groups is 2. The summed E-state index contributed by atoms with van der Waals surface area (Å²) in [6.45, 7) is 3.31. The second kappa shape index (κ2) is 10.1. The number of ether oxygens (including phenoxy) is 1. The Morgan fingerprint density at radius 2 is 1.94 bits per heavy atom. The van der Waals surface area contributed by atoms with Crippen LogP contribution in [0.5, 0.6) is 11.5 Å². The van der Waals surface area contributed by atoms with Gasteiger partial charge in [-0.25, -0.2) is 4.39 Å². The molecule has 0 atom stereocenters. The van der Waals surface area contributed by atoms with Gasteiger partial charge in [-0.15, -0.1) is 0 Å². The summed E-state index contributed by atoms with van der Waals surface area (Å²) >= 11 is 0. The summed E-state index contributed by atoms with van der Waals surface area (Å²) in [5, 5.41) is 2.79. The smallest absolute Gasteiger partial charge is 0.256 e. The van der Waals surface area contributed by atoms with Gasteiger partial charge in [-0.1, -0.05) is 18.2 Å². The van der Waals surface area contributed by atoms with E-state index in [2.05, 4.69) is 10.3 Å². The van der Waals surface area contributed by atoms with Gasteiger partial charge in [0.05, 0.1) is 17.4 Å². The highest BCUT2D eigenvalue weighted by Gasteiger charge is 2.23. The SMILES string of the molecule is Cc1cccc(NC(=O)/C=C/c2ccc(Oc3cccnc3)c(F)c2)c1C(=O)N1CCCC1. The van der Waals surface area contributed by atoms with E-state index in [0.717, 1.165) is 31.5 Å². The van der Waals surface area contributed by atoms with E-state index in [1.165, 1.54) is 30.5 Å². The number of pyridine rings is 1. The van der Waals surface area contributed by atoms with Gasteiger partial charge >= 0.3 is 0 Å². The summed E-state index contributed by atoms with van der Waals surface area (Å²) in [6, 6.07) is 13.2. The van der Waals surface area contributed by atoms with Crippen molar-refractivity contribution in [1.82, 2.24) is 9.88 Å². The van der Waals surface area contributed by atoms with Gasteiger partial charge in [-0.2, -0.15) is 0 Å². The number of benzene rings is 2. The molecule has 0 radical (unpaired) electrons. The summed E-state index contributed by atoms with van der Waals surface area (Å²) in [4.78, 5) is 31.2. The topological polar surface area (TPSA) is 71.5 Å². The van der Waals surface area contributed by atoms with Gasteiger partial charge in [0.25, 0.3) is 5.91 Å². The number of halogens is 1. The van der Waals surface area contributed by atoms with Gasteiger partial charge in [-0.3, -0.25) is 14.6 Å². The maximum atomic E-state index is 14.4. The molecule has 33 heavy (non-hydrogen) atoms. The van der Waals surface area contributed by atoms with Gasteiger partial charge in [0.1, 0.15) is 5.75 Å². The Morgan fingerprint density at radius 1 is 1.12 bits per heavy atom. The molecule has 168 valence electrons. The molecule has 0 aliphatic carbocycles. The molecule has 1 aromatic heterocycles. The van der Waals surface area contributed by atoms with Gasteiger partial charge in [0.15, 0.2) is 11.6 Å². The van der Waals surface area contributed by atoms with Crippen LogP contribution in [0.3, 0.4) is 0 Å². The number of hydrogen-bond donors (Lipinski definition) is 1. The number of amides is 2. The number of nitrogens with one attached hydrogen (secondary N) is 1. The van der Waals surface area contributed by atoms with Crippen LogP contribution in [0.1, 0.15) is 34.3 Å². The first-order valence-corrected chi connectivity index (χ1v) is 10.8. The Hall–Kier alpha value is -4.00. The molecule has 1 N–H and O–H groups in total. The predicted octanol–water partition coefficient (Wildman–Crippen LogP) is 5.21. The molecular weight excluding hydrogens is 421 g/mol. The molecule has 7 heteroatoms. The monoisotopic (exact) mass is 445 g/mol. The van der Waals surface area contributed by atoms with Crippen molar-refractivity contribution in [2.75, 3.05) is 18.4 Å². The molecule has 0 unspecified atom stereocenters. The fourth-order valence-electron chi connectivity index (χ4n) is 3.72. The maximum Gasteiger partial charge on any atom is 0.256 e. The molecule has 2 heterocycles. The van der Waals surface area contributed by atoms with Crippen LogP contribution in [0.2, 0.25) is 0 Å². The van der Waals surface area contributed by atoms with Crippen LogP contribution >= 0.6 is 0 Å². The number of hydrogen-bond acceptors (Lipinski definition) is 4. The minimum absolute atomic E-state index is 0.0643. The highest BCUT2D eigenvalue weighted by molar-refractivity contribution is 6.08. The Morgan fingerprint density at radius 3 is 2.67 bits per heavy atom. The lowest BCUT2D eigenvalue weighted by Crippen LogP contribution is -2.29. The second-order valence-electron chi connectivity index (χ2n) is 7.80. The molecule has 0 bridgehead atoms. The molecule has 2 aromatic carbocycles. The van der Waals surface area contributed by atoms with Crippen molar-refractivity contribution in [1.29, 1.82) is 0 Å². The normalized spacial score (nSPS) is 13.3. The standard InChI is InChI=1S/C26H24FN3O3/c1-18-6-4-8-22(25(18)26(32)30-14-2-3-15-30)29-24(31)12-10-19-9-11-23(21(27)16-19)33-20-7-5-13-28-17-20/h4-13,16-17H,2-3,14-15H2,1H3,(H,29,31)/b12-10+. The average molecular weight is 445 g/mol. The number of nitrogens with zero attached hydrogens (tertiary/aromatic N) is 2. The molecule has 2 amide bonds. The predicted molar refractivity (Wildman–Crippen MR) is 125 cm³/mol. The Labute approximate surface area is 191 Å². The van der Waals surface area contributed by atoms with E-state index < -0.39 is 11.7 Å². The zero-order valence-corrected chi connectivity index (χ0v) is 18.3.